The van der Waals surface area contributed by atoms with E-state index in [4.69, 9.17) is 23.7 Å². The van der Waals surface area contributed by atoms with Crippen molar-refractivity contribution in [2.24, 2.45) is 0 Å². The predicted molar refractivity (Wildman–Crippen MR) is 136 cm³/mol. The number of rotatable bonds is 4. The van der Waals surface area contributed by atoms with Crippen molar-refractivity contribution < 1.29 is 28.5 Å². The molecule has 12 heteroatoms. The molecule has 0 unspecified atom stereocenters. The predicted octanol–water partition coefficient (Wildman–Crippen LogP) is 1.96. The van der Waals surface area contributed by atoms with Gasteiger partial charge in [0.05, 0.1) is 31.6 Å². The Morgan fingerprint density at radius 3 is 2.69 bits per heavy atom. The zero-order valence-corrected chi connectivity index (χ0v) is 22.0. The molecule has 7 rings (SSSR count). The molecule has 39 heavy (non-hydrogen) atoms. The molecule has 2 aromatic carbocycles. The minimum Gasteiger partial charge on any atom is -0.492 e. The fourth-order valence-corrected chi connectivity index (χ4v) is 6.14. The Morgan fingerprint density at radius 1 is 1.10 bits per heavy atom. The number of likely N-dealkylation sites (N-methyl/N-ethyl adjacent to an activating group) is 1. The number of hydrogen-bond acceptors (Lipinski definition) is 10. The van der Waals surface area contributed by atoms with E-state index >= 15 is 0 Å². The second-order valence-corrected chi connectivity index (χ2v) is 10.2. The van der Waals surface area contributed by atoms with Crippen molar-refractivity contribution in [1.29, 1.82) is 0 Å². The van der Waals surface area contributed by atoms with E-state index in [-0.39, 0.29) is 18.7 Å². The zero-order chi connectivity index (χ0) is 26.6. The van der Waals surface area contributed by atoms with Crippen molar-refractivity contribution in [2.75, 3.05) is 53.8 Å². The van der Waals surface area contributed by atoms with Gasteiger partial charge in [0.1, 0.15) is 6.04 Å². The number of hydrogen-bond donors (Lipinski definition) is 0. The van der Waals surface area contributed by atoms with Crippen LogP contribution in [0.25, 0.3) is 5.69 Å². The summed E-state index contributed by atoms with van der Waals surface area (Å²) in [4.78, 5) is 17.8. The van der Waals surface area contributed by atoms with Crippen LogP contribution in [0.4, 0.5) is 0 Å². The van der Waals surface area contributed by atoms with E-state index in [1.165, 1.54) is 0 Å². The first-order chi connectivity index (χ1) is 19.1. The van der Waals surface area contributed by atoms with E-state index in [9.17, 15) is 4.79 Å². The van der Waals surface area contributed by atoms with Gasteiger partial charge in [0.25, 0.3) is 5.91 Å². The summed E-state index contributed by atoms with van der Waals surface area (Å²) in [5.74, 6) is 1.85. The van der Waals surface area contributed by atoms with Gasteiger partial charge in [0.15, 0.2) is 23.1 Å². The first kappa shape index (κ1) is 24.3. The number of aromatic nitrogens is 4. The van der Waals surface area contributed by atoms with Crippen LogP contribution in [0.3, 0.4) is 0 Å². The van der Waals surface area contributed by atoms with Crippen LogP contribution < -0.4 is 14.2 Å². The van der Waals surface area contributed by atoms with Gasteiger partial charge in [-0.25, -0.2) is 0 Å². The highest BCUT2D eigenvalue weighted by Gasteiger charge is 2.42. The molecule has 5 heterocycles. The van der Waals surface area contributed by atoms with E-state index in [1.807, 2.05) is 42.3 Å². The lowest BCUT2D eigenvalue weighted by molar-refractivity contribution is -0.181. The number of carbonyl (C=O) groups is 1. The van der Waals surface area contributed by atoms with E-state index in [2.05, 4.69) is 20.4 Å². The summed E-state index contributed by atoms with van der Waals surface area (Å²) < 4.78 is 30.7. The number of ether oxygens (including phenoxy) is 5. The lowest BCUT2D eigenvalue weighted by atomic mass is 9.90. The second kappa shape index (κ2) is 9.47. The number of likely N-dealkylation sites (tertiary alicyclic amines) is 1. The monoisotopic (exact) mass is 534 g/mol. The van der Waals surface area contributed by atoms with Crippen molar-refractivity contribution in [2.45, 2.75) is 31.1 Å². The normalized spacial score (nSPS) is 21.8. The van der Waals surface area contributed by atoms with Gasteiger partial charge >= 0.3 is 0 Å². The molecule has 4 aliphatic rings. The SMILES string of the molecule is COc1c2c(cc3c1[C@H](c1nnnn1-c1ccccc1C(=O)N1CCC4(CC1)OCCO4)N(C)CC3)OCO2. The number of carbonyl (C=O) groups excluding carboxylic acids is 1. The van der Waals surface area contributed by atoms with Gasteiger partial charge in [-0.05, 0) is 47.7 Å². The maximum atomic E-state index is 13.8. The van der Waals surface area contributed by atoms with Crippen LogP contribution in [0, 0.1) is 0 Å². The molecule has 1 atom stereocenters. The lowest BCUT2D eigenvalue weighted by Gasteiger charge is -2.37. The number of nitrogens with zero attached hydrogens (tertiary/aromatic N) is 6. The number of piperidine rings is 1. The number of tetrazole rings is 1. The molecule has 2 saturated heterocycles. The molecular formula is C27H30N6O6. The Kier molecular flexibility index (Phi) is 5.90. The molecule has 0 N–H and O–H groups in total. The van der Waals surface area contributed by atoms with Gasteiger partial charge in [-0.2, -0.15) is 4.68 Å². The summed E-state index contributed by atoms with van der Waals surface area (Å²) >= 11 is 0. The largest absolute Gasteiger partial charge is 0.492 e. The van der Waals surface area contributed by atoms with Crippen molar-refractivity contribution in [1.82, 2.24) is 30.0 Å². The molecule has 0 bridgehead atoms. The maximum Gasteiger partial charge on any atom is 0.256 e. The van der Waals surface area contributed by atoms with Crippen LogP contribution in [-0.2, 0) is 15.9 Å². The Bertz CT molecular complexity index is 1410. The number of methoxy groups -OCH3 is 1. The molecule has 0 aliphatic carbocycles. The third-order valence-corrected chi connectivity index (χ3v) is 8.12. The molecule has 12 nitrogen and oxygen atoms in total. The van der Waals surface area contributed by atoms with Gasteiger partial charge in [-0.3, -0.25) is 9.69 Å². The first-order valence-electron chi connectivity index (χ1n) is 13.2. The van der Waals surface area contributed by atoms with Gasteiger partial charge in [0.2, 0.25) is 12.5 Å². The molecule has 0 radical (unpaired) electrons. The summed E-state index contributed by atoms with van der Waals surface area (Å²) in [7, 11) is 3.66. The second-order valence-electron chi connectivity index (χ2n) is 10.2. The Morgan fingerprint density at radius 2 is 1.90 bits per heavy atom. The van der Waals surface area contributed by atoms with Crippen molar-refractivity contribution in [3.05, 3.63) is 52.8 Å². The van der Waals surface area contributed by atoms with E-state index in [0.717, 1.165) is 24.1 Å². The number of amides is 1. The maximum absolute atomic E-state index is 13.8. The highest BCUT2D eigenvalue weighted by Crippen LogP contribution is 2.50. The Labute approximate surface area is 225 Å². The summed E-state index contributed by atoms with van der Waals surface area (Å²) in [6.45, 7) is 3.25. The van der Waals surface area contributed by atoms with Crippen LogP contribution in [0.1, 0.15) is 46.2 Å². The summed E-state index contributed by atoms with van der Waals surface area (Å²) in [6.07, 6.45) is 2.11. The molecule has 1 aromatic heterocycles. The third kappa shape index (κ3) is 3.93. The number of benzene rings is 2. The minimum atomic E-state index is -0.549. The van der Waals surface area contributed by atoms with Crippen molar-refractivity contribution >= 4 is 5.91 Å². The first-order valence-corrected chi connectivity index (χ1v) is 13.2. The van der Waals surface area contributed by atoms with Gasteiger partial charge in [0, 0.05) is 38.0 Å². The summed E-state index contributed by atoms with van der Waals surface area (Å²) in [5, 5.41) is 12.9. The standard InChI is InChI=1S/C27H30N6O6/c1-31-10-7-17-15-20-23(37-16-36-20)24(35-2)21(17)22(31)25-28-29-30-33(25)19-6-4-3-5-18(19)26(34)32-11-8-27(9-12-32)38-13-14-39-27/h3-6,15,22H,7-14,16H2,1-2H3/t22-/m1/s1. The third-order valence-electron chi connectivity index (χ3n) is 8.12. The van der Waals surface area contributed by atoms with Crippen LogP contribution in [0.2, 0.25) is 0 Å². The summed E-state index contributed by atoms with van der Waals surface area (Å²) in [6, 6.07) is 9.15. The zero-order valence-electron chi connectivity index (χ0n) is 22.0. The van der Waals surface area contributed by atoms with Crippen molar-refractivity contribution in [3.8, 4) is 22.9 Å². The molecule has 0 saturated carbocycles. The number of para-hydroxylation sites is 1. The van der Waals surface area contributed by atoms with Crippen LogP contribution >= 0.6 is 0 Å². The average molecular weight is 535 g/mol. The molecule has 4 aliphatic heterocycles. The van der Waals surface area contributed by atoms with Crippen LogP contribution in [0.5, 0.6) is 17.2 Å². The number of fused-ring (bicyclic) bond motifs is 2. The van der Waals surface area contributed by atoms with E-state index in [1.54, 1.807) is 11.8 Å². The fourth-order valence-electron chi connectivity index (χ4n) is 6.14. The minimum absolute atomic E-state index is 0.0711. The van der Waals surface area contributed by atoms with Crippen LogP contribution in [-0.4, -0.2) is 95.5 Å². The summed E-state index contributed by atoms with van der Waals surface area (Å²) in [5.41, 5.74) is 3.19. The van der Waals surface area contributed by atoms with Gasteiger partial charge < -0.3 is 28.6 Å². The molecule has 2 fully saturated rings. The van der Waals surface area contributed by atoms with Crippen LogP contribution in [0.15, 0.2) is 30.3 Å². The molecule has 1 amide bonds. The Hall–Kier alpha value is -3.74. The highest BCUT2D eigenvalue weighted by molar-refractivity contribution is 5.97. The Balaban J connectivity index is 1.26. The highest BCUT2D eigenvalue weighted by atomic mass is 16.7. The van der Waals surface area contributed by atoms with E-state index in [0.29, 0.717) is 73.5 Å². The van der Waals surface area contributed by atoms with Gasteiger partial charge in [-0.15, -0.1) is 5.10 Å². The molecular weight excluding hydrogens is 504 g/mol. The smallest absolute Gasteiger partial charge is 0.256 e. The van der Waals surface area contributed by atoms with E-state index < -0.39 is 5.79 Å². The molecule has 1 spiro atoms. The fraction of sp³-hybridized carbons (Fsp3) is 0.481. The van der Waals surface area contributed by atoms with Crippen molar-refractivity contribution in [3.63, 3.8) is 0 Å². The molecule has 204 valence electrons. The van der Waals surface area contributed by atoms with Gasteiger partial charge in [-0.1, -0.05) is 12.1 Å². The topological polar surface area (TPSA) is 113 Å². The molecule has 3 aromatic rings. The average Bonchev–Trinajstić information content (AvgIpc) is 3.74. The quantitative estimate of drug-likeness (QED) is 0.492. The lowest BCUT2D eigenvalue weighted by Crippen LogP contribution is -2.47.